The van der Waals surface area contributed by atoms with Crippen LogP contribution in [-0.2, 0) is 6.42 Å². The predicted molar refractivity (Wildman–Crippen MR) is 75.7 cm³/mol. The summed E-state index contributed by atoms with van der Waals surface area (Å²) >= 11 is 0. The molecule has 1 aliphatic rings. The molecule has 0 radical (unpaired) electrons. The Morgan fingerprint density at radius 1 is 1.44 bits per heavy atom. The first-order valence-corrected chi connectivity index (χ1v) is 6.75. The molecule has 1 aromatic rings. The molecule has 1 unspecified atom stereocenters. The molecule has 0 spiro atoms. The number of nitriles is 1. The maximum Gasteiger partial charge on any atom is 0.0675 e. The van der Waals surface area contributed by atoms with Gasteiger partial charge in [0.1, 0.15) is 0 Å². The largest absolute Gasteiger partial charge is 0.365 e. The van der Waals surface area contributed by atoms with E-state index in [0.717, 1.165) is 19.4 Å². The van der Waals surface area contributed by atoms with E-state index in [9.17, 15) is 5.26 Å². The van der Waals surface area contributed by atoms with Crippen molar-refractivity contribution in [3.05, 3.63) is 29.3 Å². The second-order valence-electron chi connectivity index (χ2n) is 5.89. The zero-order chi connectivity index (χ0) is 13.3. The predicted octanol–water partition coefficient (Wildman–Crippen LogP) is 3.69. The number of para-hydroxylation sites is 1. The maximum absolute atomic E-state index is 9.18. The fourth-order valence-electron chi connectivity index (χ4n) is 3.12. The normalized spacial score (nSPS) is 21.9. The van der Waals surface area contributed by atoms with Crippen LogP contribution in [0.5, 0.6) is 0 Å². The van der Waals surface area contributed by atoms with Crippen molar-refractivity contribution in [2.45, 2.75) is 46.1 Å². The molecule has 0 bridgehead atoms. The Morgan fingerprint density at radius 3 is 2.72 bits per heavy atom. The van der Waals surface area contributed by atoms with Crippen LogP contribution in [0.1, 0.15) is 38.3 Å². The molecule has 1 heterocycles. The molecular formula is C16H22N2. The average Bonchev–Trinajstić information content (AvgIpc) is 2.64. The first kappa shape index (κ1) is 13.0. The van der Waals surface area contributed by atoms with Crippen molar-refractivity contribution >= 4 is 5.69 Å². The quantitative estimate of drug-likeness (QED) is 0.791. The SMILES string of the molecule is CCc1cccc(C)c1N1CC(C#N)CC1(C)C. The van der Waals surface area contributed by atoms with Crippen molar-refractivity contribution in [1.82, 2.24) is 0 Å². The van der Waals surface area contributed by atoms with Crippen LogP contribution in [0.2, 0.25) is 0 Å². The van der Waals surface area contributed by atoms with Gasteiger partial charge in [0.2, 0.25) is 0 Å². The third-order valence-corrected chi connectivity index (χ3v) is 4.03. The van der Waals surface area contributed by atoms with Crippen LogP contribution in [0, 0.1) is 24.2 Å². The molecule has 1 aliphatic heterocycles. The van der Waals surface area contributed by atoms with Crippen molar-refractivity contribution in [1.29, 1.82) is 5.26 Å². The van der Waals surface area contributed by atoms with Gasteiger partial charge in [0, 0.05) is 17.8 Å². The van der Waals surface area contributed by atoms with E-state index in [2.05, 4.69) is 56.9 Å². The zero-order valence-corrected chi connectivity index (χ0v) is 11.8. The van der Waals surface area contributed by atoms with Gasteiger partial charge in [-0.15, -0.1) is 0 Å². The van der Waals surface area contributed by atoms with E-state index in [4.69, 9.17) is 0 Å². The zero-order valence-electron chi connectivity index (χ0n) is 11.8. The summed E-state index contributed by atoms with van der Waals surface area (Å²) in [7, 11) is 0. The molecule has 0 amide bonds. The third kappa shape index (κ3) is 2.10. The molecule has 1 saturated heterocycles. The first-order chi connectivity index (χ1) is 8.49. The summed E-state index contributed by atoms with van der Waals surface area (Å²) in [4.78, 5) is 2.44. The lowest BCUT2D eigenvalue weighted by Crippen LogP contribution is -2.39. The Hall–Kier alpha value is -1.49. The summed E-state index contributed by atoms with van der Waals surface area (Å²) in [5.74, 6) is 0.157. The van der Waals surface area contributed by atoms with Crippen LogP contribution < -0.4 is 4.90 Å². The number of hydrogen-bond acceptors (Lipinski definition) is 2. The topological polar surface area (TPSA) is 27.0 Å². The summed E-state index contributed by atoms with van der Waals surface area (Å²) < 4.78 is 0. The second-order valence-corrected chi connectivity index (χ2v) is 5.89. The van der Waals surface area contributed by atoms with Crippen molar-refractivity contribution in [2.75, 3.05) is 11.4 Å². The molecule has 0 N–H and O–H groups in total. The summed E-state index contributed by atoms with van der Waals surface area (Å²) in [5.41, 5.74) is 4.14. The van der Waals surface area contributed by atoms with Crippen LogP contribution in [0.25, 0.3) is 0 Å². The lowest BCUT2D eigenvalue weighted by molar-refractivity contribution is 0.501. The standard InChI is InChI=1S/C16H22N2/c1-5-14-8-6-7-12(2)15(14)18-11-13(10-17)9-16(18,3)4/h6-8,13H,5,9,11H2,1-4H3. The smallest absolute Gasteiger partial charge is 0.0675 e. The van der Waals surface area contributed by atoms with Gasteiger partial charge in [-0.1, -0.05) is 25.1 Å². The molecule has 2 nitrogen and oxygen atoms in total. The van der Waals surface area contributed by atoms with Crippen LogP contribution in [0.4, 0.5) is 5.69 Å². The molecule has 1 atom stereocenters. The number of rotatable bonds is 2. The molecule has 1 aromatic carbocycles. The van der Waals surface area contributed by atoms with Crippen molar-refractivity contribution in [3.8, 4) is 6.07 Å². The highest BCUT2D eigenvalue weighted by molar-refractivity contribution is 5.62. The molecule has 1 fully saturated rings. The number of nitrogens with zero attached hydrogens (tertiary/aromatic N) is 2. The Balaban J connectivity index is 2.46. The van der Waals surface area contributed by atoms with Gasteiger partial charge in [0.15, 0.2) is 0 Å². The highest BCUT2D eigenvalue weighted by atomic mass is 15.2. The molecular weight excluding hydrogens is 220 g/mol. The first-order valence-electron chi connectivity index (χ1n) is 6.75. The Morgan fingerprint density at radius 2 is 2.17 bits per heavy atom. The molecule has 0 saturated carbocycles. The molecule has 2 rings (SSSR count). The van der Waals surface area contributed by atoms with E-state index >= 15 is 0 Å². The van der Waals surface area contributed by atoms with Gasteiger partial charge in [-0.05, 0) is 44.7 Å². The summed E-state index contributed by atoms with van der Waals surface area (Å²) in [5, 5.41) is 9.18. The fraction of sp³-hybridized carbons (Fsp3) is 0.562. The second kappa shape index (κ2) is 4.65. The van der Waals surface area contributed by atoms with Crippen molar-refractivity contribution < 1.29 is 0 Å². The molecule has 0 aromatic heterocycles. The van der Waals surface area contributed by atoms with E-state index in [0.29, 0.717) is 0 Å². The highest BCUT2D eigenvalue weighted by Crippen LogP contribution is 2.39. The van der Waals surface area contributed by atoms with Crippen LogP contribution in [-0.4, -0.2) is 12.1 Å². The Labute approximate surface area is 110 Å². The van der Waals surface area contributed by atoms with E-state index in [1.807, 2.05) is 0 Å². The maximum atomic E-state index is 9.18. The van der Waals surface area contributed by atoms with E-state index < -0.39 is 0 Å². The lowest BCUT2D eigenvalue weighted by Gasteiger charge is -2.36. The Kier molecular flexibility index (Phi) is 3.34. The minimum atomic E-state index is 0.0798. The molecule has 2 heteroatoms. The average molecular weight is 242 g/mol. The van der Waals surface area contributed by atoms with Crippen molar-refractivity contribution in [2.24, 2.45) is 5.92 Å². The highest BCUT2D eigenvalue weighted by Gasteiger charge is 2.39. The van der Waals surface area contributed by atoms with Gasteiger partial charge in [-0.3, -0.25) is 0 Å². The van der Waals surface area contributed by atoms with Crippen molar-refractivity contribution in [3.63, 3.8) is 0 Å². The van der Waals surface area contributed by atoms with Gasteiger partial charge in [0.05, 0.1) is 12.0 Å². The van der Waals surface area contributed by atoms with E-state index in [1.54, 1.807) is 0 Å². The molecule has 18 heavy (non-hydrogen) atoms. The minimum Gasteiger partial charge on any atom is -0.365 e. The minimum absolute atomic E-state index is 0.0798. The number of benzene rings is 1. The summed E-state index contributed by atoms with van der Waals surface area (Å²) in [6.45, 7) is 9.72. The van der Waals surface area contributed by atoms with Crippen LogP contribution in [0.15, 0.2) is 18.2 Å². The summed E-state index contributed by atoms with van der Waals surface area (Å²) in [6, 6.07) is 8.94. The van der Waals surface area contributed by atoms with Gasteiger partial charge < -0.3 is 4.90 Å². The number of aryl methyl sites for hydroxylation is 2. The molecule has 96 valence electrons. The van der Waals surface area contributed by atoms with Crippen LogP contribution >= 0.6 is 0 Å². The lowest BCUT2D eigenvalue weighted by atomic mass is 9.95. The summed E-state index contributed by atoms with van der Waals surface area (Å²) in [6.07, 6.45) is 2.00. The van der Waals surface area contributed by atoms with Gasteiger partial charge in [0.25, 0.3) is 0 Å². The monoisotopic (exact) mass is 242 g/mol. The number of anilines is 1. The van der Waals surface area contributed by atoms with E-state index in [1.165, 1.54) is 16.8 Å². The molecule has 0 aliphatic carbocycles. The van der Waals surface area contributed by atoms with Gasteiger partial charge in [-0.2, -0.15) is 5.26 Å². The fourth-order valence-corrected chi connectivity index (χ4v) is 3.12. The third-order valence-electron chi connectivity index (χ3n) is 4.03. The van der Waals surface area contributed by atoms with E-state index in [-0.39, 0.29) is 11.5 Å². The van der Waals surface area contributed by atoms with Crippen LogP contribution in [0.3, 0.4) is 0 Å². The number of hydrogen-bond donors (Lipinski definition) is 0. The van der Waals surface area contributed by atoms with Gasteiger partial charge >= 0.3 is 0 Å². The van der Waals surface area contributed by atoms with Gasteiger partial charge in [-0.25, -0.2) is 0 Å². The Bertz CT molecular complexity index is 482.